The normalized spacial score (nSPS) is 11.1. The number of nitrogens with one attached hydrogen (secondary N) is 3. The second kappa shape index (κ2) is 6.85. The maximum Gasteiger partial charge on any atom is 0.270 e. The van der Waals surface area contributed by atoms with Crippen molar-refractivity contribution in [3.63, 3.8) is 0 Å². The summed E-state index contributed by atoms with van der Waals surface area (Å²) < 4.78 is 0. The van der Waals surface area contributed by atoms with Gasteiger partial charge in [0.15, 0.2) is 0 Å². The number of carbonyl (C=O) groups excluding carboxylic acids is 1. The zero-order valence-electron chi connectivity index (χ0n) is 15.5. The van der Waals surface area contributed by atoms with Crippen LogP contribution in [0, 0.1) is 10.1 Å². The number of carbonyl (C=O) groups is 1. The molecule has 0 spiro atoms. The van der Waals surface area contributed by atoms with Gasteiger partial charge in [-0.15, -0.1) is 0 Å². The molecule has 5 rings (SSSR count). The lowest BCUT2D eigenvalue weighted by molar-refractivity contribution is -0.384. The van der Waals surface area contributed by atoms with Gasteiger partial charge in [0, 0.05) is 40.5 Å². The van der Waals surface area contributed by atoms with Gasteiger partial charge in [0.1, 0.15) is 5.82 Å². The van der Waals surface area contributed by atoms with Crippen LogP contribution in [-0.4, -0.2) is 25.8 Å². The van der Waals surface area contributed by atoms with Crippen LogP contribution in [0.4, 0.5) is 11.4 Å². The highest BCUT2D eigenvalue weighted by Crippen LogP contribution is 2.25. The maximum atomic E-state index is 12.7. The molecule has 8 heteroatoms. The molecule has 5 aromatic rings. The average Bonchev–Trinajstić information content (AvgIpc) is 3.38. The Kier molecular flexibility index (Phi) is 4.03. The molecular formula is C22H15N5O3. The Labute approximate surface area is 169 Å². The third-order valence-corrected chi connectivity index (χ3v) is 4.93. The zero-order valence-corrected chi connectivity index (χ0v) is 15.5. The van der Waals surface area contributed by atoms with Crippen LogP contribution in [0.25, 0.3) is 33.3 Å². The summed E-state index contributed by atoms with van der Waals surface area (Å²) in [6, 6.07) is 19.5. The van der Waals surface area contributed by atoms with Gasteiger partial charge in [0.25, 0.3) is 11.6 Å². The summed E-state index contributed by atoms with van der Waals surface area (Å²) in [5.74, 6) is 0.399. The molecule has 0 radical (unpaired) electrons. The third-order valence-electron chi connectivity index (χ3n) is 4.93. The fraction of sp³-hybridized carbons (Fsp3) is 0. The van der Waals surface area contributed by atoms with Crippen molar-refractivity contribution < 1.29 is 9.72 Å². The van der Waals surface area contributed by atoms with Crippen LogP contribution in [0.3, 0.4) is 0 Å². The summed E-state index contributed by atoms with van der Waals surface area (Å²) in [6.07, 6.45) is 1.55. The van der Waals surface area contributed by atoms with E-state index in [2.05, 4.69) is 20.3 Å². The monoisotopic (exact) mass is 397 g/mol. The summed E-state index contributed by atoms with van der Waals surface area (Å²) in [5.41, 5.74) is 4.29. The van der Waals surface area contributed by atoms with E-state index >= 15 is 0 Å². The van der Waals surface area contributed by atoms with E-state index in [1.807, 2.05) is 36.4 Å². The van der Waals surface area contributed by atoms with Gasteiger partial charge in [-0.05, 0) is 42.5 Å². The topological polar surface area (TPSA) is 117 Å². The number of H-pyrrole nitrogens is 2. The van der Waals surface area contributed by atoms with Crippen LogP contribution in [0.15, 0.2) is 72.9 Å². The van der Waals surface area contributed by atoms with Gasteiger partial charge in [0.05, 0.1) is 21.5 Å². The van der Waals surface area contributed by atoms with Crippen LogP contribution >= 0.6 is 0 Å². The predicted octanol–water partition coefficient (Wildman–Crippen LogP) is 4.87. The number of para-hydroxylation sites is 2. The molecule has 0 unspecified atom stereocenters. The molecule has 0 fully saturated rings. The molecule has 146 valence electrons. The van der Waals surface area contributed by atoms with Crippen LogP contribution in [0.2, 0.25) is 0 Å². The first-order valence-electron chi connectivity index (χ1n) is 9.20. The van der Waals surface area contributed by atoms with Gasteiger partial charge in [-0.1, -0.05) is 12.1 Å². The second-order valence-corrected chi connectivity index (χ2v) is 6.82. The molecule has 0 atom stereocenters. The highest BCUT2D eigenvalue weighted by molar-refractivity contribution is 6.13. The number of imidazole rings is 1. The number of nitrogens with zero attached hydrogens (tertiary/aromatic N) is 2. The summed E-state index contributed by atoms with van der Waals surface area (Å²) in [5, 5.41) is 14.4. The van der Waals surface area contributed by atoms with Crippen LogP contribution in [0.5, 0.6) is 0 Å². The van der Waals surface area contributed by atoms with E-state index in [-0.39, 0.29) is 11.6 Å². The van der Waals surface area contributed by atoms with Crippen molar-refractivity contribution in [2.45, 2.75) is 0 Å². The number of aromatic nitrogens is 3. The number of anilines is 1. The van der Waals surface area contributed by atoms with Gasteiger partial charge in [-0.25, -0.2) is 4.98 Å². The number of hydrogen-bond donors (Lipinski definition) is 3. The number of hydrogen-bond acceptors (Lipinski definition) is 4. The lowest BCUT2D eigenvalue weighted by Crippen LogP contribution is -2.11. The van der Waals surface area contributed by atoms with E-state index in [4.69, 9.17) is 0 Å². The lowest BCUT2D eigenvalue weighted by Gasteiger charge is -2.05. The Morgan fingerprint density at radius 2 is 1.80 bits per heavy atom. The van der Waals surface area contributed by atoms with Crippen molar-refractivity contribution in [2.75, 3.05) is 5.32 Å². The Bertz CT molecular complexity index is 1380. The molecule has 8 nitrogen and oxygen atoms in total. The third kappa shape index (κ3) is 3.06. The van der Waals surface area contributed by atoms with Gasteiger partial charge in [0.2, 0.25) is 0 Å². The molecule has 3 aromatic carbocycles. The molecule has 1 amide bonds. The minimum atomic E-state index is -0.481. The minimum absolute atomic E-state index is 0.0636. The number of aromatic amines is 2. The van der Waals surface area contributed by atoms with E-state index in [1.165, 1.54) is 12.1 Å². The van der Waals surface area contributed by atoms with E-state index < -0.39 is 4.92 Å². The Balaban J connectivity index is 1.39. The molecule has 0 aliphatic carbocycles. The molecule has 3 N–H and O–H groups in total. The first kappa shape index (κ1) is 17.6. The van der Waals surface area contributed by atoms with Gasteiger partial charge in [-0.2, -0.15) is 0 Å². The summed E-state index contributed by atoms with van der Waals surface area (Å²) in [4.78, 5) is 34.1. The maximum absolute atomic E-state index is 12.7. The second-order valence-electron chi connectivity index (χ2n) is 6.82. The number of benzene rings is 3. The van der Waals surface area contributed by atoms with Crippen LogP contribution < -0.4 is 5.32 Å². The van der Waals surface area contributed by atoms with Crippen LogP contribution in [0.1, 0.15) is 10.4 Å². The Morgan fingerprint density at radius 1 is 1.00 bits per heavy atom. The fourth-order valence-corrected chi connectivity index (χ4v) is 3.41. The Morgan fingerprint density at radius 3 is 2.57 bits per heavy atom. The summed E-state index contributed by atoms with van der Waals surface area (Å²) in [7, 11) is 0. The van der Waals surface area contributed by atoms with Crippen molar-refractivity contribution in [2.24, 2.45) is 0 Å². The Hall–Kier alpha value is -4.46. The predicted molar refractivity (Wildman–Crippen MR) is 114 cm³/mol. The number of rotatable bonds is 4. The van der Waals surface area contributed by atoms with Crippen LogP contribution in [-0.2, 0) is 0 Å². The number of non-ortho nitro benzene ring substituents is 1. The molecule has 0 aliphatic heterocycles. The minimum Gasteiger partial charge on any atom is -0.360 e. The van der Waals surface area contributed by atoms with E-state index in [0.717, 1.165) is 22.4 Å². The van der Waals surface area contributed by atoms with Crippen molar-refractivity contribution in [3.05, 3.63) is 88.6 Å². The van der Waals surface area contributed by atoms with Crippen molar-refractivity contribution in [3.8, 4) is 11.4 Å². The molecule has 0 saturated heterocycles. The summed E-state index contributed by atoms with van der Waals surface area (Å²) >= 11 is 0. The van der Waals surface area contributed by atoms with E-state index in [0.29, 0.717) is 22.2 Å². The van der Waals surface area contributed by atoms with E-state index in [9.17, 15) is 14.9 Å². The van der Waals surface area contributed by atoms with Gasteiger partial charge >= 0.3 is 0 Å². The number of nitro benzene ring substituents is 1. The van der Waals surface area contributed by atoms with Crippen molar-refractivity contribution >= 4 is 39.2 Å². The average molecular weight is 397 g/mol. The fourth-order valence-electron chi connectivity index (χ4n) is 3.41. The summed E-state index contributed by atoms with van der Waals surface area (Å²) in [6.45, 7) is 0. The smallest absolute Gasteiger partial charge is 0.270 e. The quantitative estimate of drug-likeness (QED) is 0.296. The molecule has 30 heavy (non-hydrogen) atoms. The molecule has 0 aliphatic rings. The van der Waals surface area contributed by atoms with E-state index in [1.54, 1.807) is 24.4 Å². The van der Waals surface area contributed by atoms with Gasteiger partial charge < -0.3 is 15.3 Å². The molecular weight excluding hydrogens is 382 g/mol. The zero-order chi connectivity index (χ0) is 20.7. The largest absolute Gasteiger partial charge is 0.360 e. The van der Waals surface area contributed by atoms with Gasteiger partial charge in [-0.3, -0.25) is 14.9 Å². The molecule has 2 heterocycles. The van der Waals surface area contributed by atoms with Crippen molar-refractivity contribution in [1.82, 2.24) is 15.0 Å². The SMILES string of the molecule is O=C(Nc1ccc(-c2nc3ccccc3[nH]2)cc1)c1c[nH]c2ccc([N+](=O)[O-])cc12. The molecule has 0 bridgehead atoms. The number of nitro groups is 1. The first-order valence-corrected chi connectivity index (χ1v) is 9.20. The molecule has 2 aromatic heterocycles. The highest BCUT2D eigenvalue weighted by Gasteiger charge is 2.16. The molecule has 0 saturated carbocycles. The lowest BCUT2D eigenvalue weighted by atomic mass is 10.1. The highest BCUT2D eigenvalue weighted by atomic mass is 16.6. The first-order chi connectivity index (χ1) is 14.6. The van der Waals surface area contributed by atoms with Crippen molar-refractivity contribution in [1.29, 1.82) is 0 Å². The number of fused-ring (bicyclic) bond motifs is 2. The standard InChI is InChI=1S/C22H15N5O3/c28-22(17-12-23-18-10-9-15(27(29)30)11-16(17)18)24-14-7-5-13(6-8-14)21-25-19-3-1-2-4-20(19)26-21/h1-12,23H,(H,24,28)(H,25,26). The number of amides is 1.